The van der Waals surface area contributed by atoms with Crippen LogP contribution in [0.2, 0.25) is 0 Å². The van der Waals surface area contributed by atoms with Crippen LogP contribution in [-0.4, -0.2) is 28.0 Å². The Morgan fingerprint density at radius 2 is 1.95 bits per heavy atom. The highest BCUT2D eigenvalue weighted by atomic mass is 35.7. The molecule has 0 fully saturated rings. The zero-order valence-corrected chi connectivity index (χ0v) is 13.9. The molecule has 0 unspecified atom stereocenters. The SMILES string of the molecule is CCC(CC)CNC(=O)c1cc(S(=O)(=O)Cl)ccc1OC. The molecule has 118 valence electrons. The quantitative estimate of drug-likeness (QED) is 0.779. The van der Waals surface area contributed by atoms with E-state index in [1.807, 2.05) is 0 Å². The third-order valence-corrected chi connectivity index (χ3v) is 4.75. The van der Waals surface area contributed by atoms with E-state index >= 15 is 0 Å². The minimum atomic E-state index is -3.89. The summed E-state index contributed by atoms with van der Waals surface area (Å²) in [5.74, 6) is 0.321. The average molecular weight is 334 g/mol. The van der Waals surface area contributed by atoms with Gasteiger partial charge in [-0.05, 0) is 24.1 Å². The summed E-state index contributed by atoms with van der Waals surface area (Å²) in [5.41, 5.74) is 0.158. The Kier molecular flexibility index (Phi) is 6.48. The highest BCUT2D eigenvalue weighted by Gasteiger charge is 2.18. The van der Waals surface area contributed by atoms with Crippen molar-refractivity contribution in [2.75, 3.05) is 13.7 Å². The molecule has 0 radical (unpaired) electrons. The van der Waals surface area contributed by atoms with E-state index in [1.54, 1.807) is 0 Å². The van der Waals surface area contributed by atoms with Gasteiger partial charge in [0.1, 0.15) is 5.75 Å². The second-order valence-electron chi connectivity index (χ2n) is 4.69. The maximum absolute atomic E-state index is 12.2. The molecule has 1 aromatic rings. The number of benzene rings is 1. The van der Waals surface area contributed by atoms with Gasteiger partial charge in [0.25, 0.3) is 15.0 Å². The molecule has 1 aromatic carbocycles. The minimum Gasteiger partial charge on any atom is -0.496 e. The molecule has 1 amide bonds. The van der Waals surface area contributed by atoms with Crippen molar-refractivity contribution in [2.24, 2.45) is 5.92 Å². The first-order valence-electron chi connectivity index (χ1n) is 6.74. The molecular weight excluding hydrogens is 314 g/mol. The lowest BCUT2D eigenvalue weighted by atomic mass is 10.0. The first-order valence-corrected chi connectivity index (χ1v) is 9.05. The van der Waals surface area contributed by atoms with Crippen LogP contribution >= 0.6 is 10.7 Å². The Hall–Kier alpha value is -1.27. The molecule has 0 atom stereocenters. The normalized spacial score (nSPS) is 11.5. The monoisotopic (exact) mass is 333 g/mol. The molecule has 0 bridgehead atoms. The molecular formula is C14H20ClNO4S. The lowest BCUT2D eigenvalue weighted by Crippen LogP contribution is -2.29. The van der Waals surface area contributed by atoms with E-state index in [4.69, 9.17) is 15.4 Å². The van der Waals surface area contributed by atoms with Gasteiger partial charge in [0.2, 0.25) is 0 Å². The summed E-state index contributed by atoms with van der Waals surface area (Å²) in [6.45, 7) is 4.65. The molecule has 0 aromatic heterocycles. The molecule has 21 heavy (non-hydrogen) atoms. The van der Waals surface area contributed by atoms with Gasteiger partial charge < -0.3 is 10.1 Å². The maximum Gasteiger partial charge on any atom is 0.261 e. The largest absolute Gasteiger partial charge is 0.496 e. The van der Waals surface area contributed by atoms with Gasteiger partial charge in [0, 0.05) is 17.2 Å². The van der Waals surface area contributed by atoms with E-state index in [0.717, 1.165) is 12.8 Å². The topological polar surface area (TPSA) is 72.5 Å². The van der Waals surface area contributed by atoms with Crippen molar-refractivity contribution in [1.82, 2.24) is 5.32 Å². The van der Waals surface area contributed by atoms with Crippen LogP contribution in [0.15, 0.2) is 23.1 Å². The Bertz CT molecular complexity index is 597. The Morgan fingerprint density at radius 1 is 1.33 bits per heavy atom. The highest BCUT2D eigenvalue weighted by Crippen LogP contribution is 2.24. The van der Waals surface area contributed by atoms with Crippen molar-refractivity contribution in [3.05, 3.63) is 23.8 Å². The van der Waals surface area contributed by atoms with Crippen molar-refractivity contribution >= 4 is 25.6 Å². The van der Waals surface area contributed by atoms with E-state index in [0.29, 0.717) is 18.2 Å². The summed E-state index contributed by atoms with van der Waals surface area (Å²) >= 11 is 0. The summed E-state index contributed by atoms with van der Waals surface area (Å²) in [4.78, 5) is 12.1. The third-order valence-electron chi connectivity index (χ3n) is 3.40. The molecule has 1 N–H and O–H groups in total. The lowest BCUT2D eigenvalue weighted by molar-refractivity contribution is 0.0943. The number of methoxy groups -OCH3 is 1. The van der Waals surface area contributed by atoms with E-state index in [9.17, 15) is 13.2 Å². The Balaban J connectivity index is 3.01. The fourth-order valence-electron chi connectivity index (χ4n) is 1.93. The number of carbonyl (C=O) groups is 1. The van der Waals surface area contributed by atoms with Crippen LogP contribution in [0.25, 0.3) is 0 Å². The number of amides is 1. The third kappa shape index (κ3) is 4.89. The number of nitrogens with one attached hydrogen (secondary N) is 1. The second-order valence-corrected chi connectivity index (χ2v) is 7.26. The van der Waals surface area contributed by atoms with E-state index in [2.05, 4.69) is 19.2 Å². The van der Waals surface area contributed by atoms with Crippen molar-refractivity contribution in [3.63, 3.8) is 0 Å². The summed E-state index contributed by atoms with van der Waals surface area (Å²) < 4.78 is 27.8. The zero-order valence-electron chi connectivity index (χ0n) is 12.3. The summed E-state index contributed by atoms with van der Waals surface area (Å²) in [7, 11) is 2.83. The number of rotatable bonds is 7. The molecule has 7 heteroatoms. The summed E-state index contributed by atoms with van der Waals surface area (Å²) in [5, 5.41) is 2.80. The smallest absolute Gasteiger partial charge is 0.261 e. The molecule has 0 aliphatic rings. The van der Waals surface area contributed by atoms with Gasteiger partial charge in [-0.2, -0.15) is 0 Å². The van der Waals surface area contributed by atoms with Crippen LogP contribution in [0.4, 0.5) is 0 Å². The fraction of sp³-hybridized carbons (Fsp3) is 0.500. The van der Waals surface area contributed by atoms with Crippen molar-refractivity contribution in [1.29, 1.82) is 0 Å². The van der Waals surface area contributed by atoms with Gasteiger partial charge in [0.15, 0.2) is 0 Å². The number of hydrogen-bond acceptors (Lipinski definition) is 4. The van der Waals surface area contributed by atoms with E-state index in [-0.39, 0.29) is 16.4 Å². The molecule has 5 nitrogen and oxygen atoms in total. The lowest BCUT2D eigenvalue weighted by Gasteiger charge is -2.15. The molecule has 0 aliphatic carbocycles. The van der Waals surface area contributed by atoms with Crippen LogP contribution < -0.4 is 10.1 Å². The summed E-state index contributed by atoms with van der Waals surface area (Å²) in [6.07, 6.45) is 1.92. The molecule has 0 saturated heterocycles. The Labute approximate surface area is 130 Å². The zero-order chi connectivity index (χ0) is 16.0. The summed E-state index contributed by atoms with van der Waals surface area (Å²) in [6, 6.07) is 3.95. The van der Waals surface area contributed by atoms with E-state index < -0.39 is 9.05 Å². The molecule has 0 aliphatic heterocycles. The van der Waals surface area contributed by atoms with Crippen LogP contribution in [0.3, 0.4) is 0 Å². The molecule has 0 spiro atoms. The van der Waals surface area contributed by atoms with Gasteiger partial charge in [-0.1, -0.05) is 26.7 Å². The first kappa shape index (κ1) is 17.8. The van der Waals surface area contributed by atoms with Gasteiger partial charge in [-0.3, -0.25) is 4.79 Å². The van der Waals surface area contributed by atoms with Gasteiger partial charge in [-0.15, -0.1) is 0 Å². The highest BCUT2D eigenvalue weighted by molar-refractivity contribution is 8.13. The maximum atomic E-state index is 12.2. The minimum absolute atomic E-state index is 0.127. The number of carbonyl (C=O) groups excluding carboxylic acids is 1. The Morgan fingerprint density at radius 3 is 2.43 bits per heavy atom. The molecule has 0 saturated carbocycles. The van der Waals surface area contributed by atoms with Crippen molar-refractivity contribution in [3.8, 4) is 5.75 Å². The number of hydrogen-bond donors (Lipinski definition) is 1. The van der Waals surface area contributed by atoms with Gasteiger partial charge >= 0.3 is 0 Å². The predicted octanol–water partition coefficient (Wildman–Crippen LogP) is 2.79. The standard InChI is InChI=1S/C14H20ClNO4S/c1-4-10(5-2)9-16-14(17)12-8-11(21(15,18)19)6-7-13(12)20-3/h6-8,10H,4-5,9H2,1-3H3,(H,16,17). The number of halogens is 1. The van der Waals surface area contributed by atoms with Crippen molar-refractivity contribution in [2.45, 2.75) is 31.6 Å². The van der Waals surface area contributed by atoms with Crippen LogP contribution in [0, 0.1) is 5.92 Å². The molecule has 1 rings (SSSR count). The van der Waals surface area contributed by atoms with Gasteiger partial charge in [-0.25, -0.2) is 8.42 Å². The van der Waals surface area contributed by atoms with Crippen LogP contribution in [0.1, 0.15) is 37.0 Å². The van der Waals surface area contributed by atoms with Gasteiger partial charge in [0.05, 0.1) is 17.6 Å². The second kappa shape index (κ2) is 7.66. The van der Waals surface area contributed by atoms with Crippen LogP contribution in [-0.2, 0) is 9.05 Å². The fourth-order valence-corrected chi connectivity index (χ4v) is 2.70. The first-order chi connectivity index (χ1) is 9.83. The predicted molar refractivity (Wildman–Crippen MR) is 82.4 cm³/mol. The van der Waals surface area contributed by atoms with E-state index in [1.165, 1.54) is 25.3 Å². The van der Waals surface area contributed by atoms with Crippen molar-refractivity contribution < 1.29 is 17.9 Å². The van der Waals surface area contributed by atoms with Crippen LogP contribution in [0.5, 0.6) is 5.75 Å². The average Bonchev–Trinajstić information content (AvgIpc) is 2.46. The number of ether oxygens (including phenoxy) is 1. The molecule has 0 heterocycles.